The van der Waals surface area contributed by atoms with Gasteiger partial charge in [0.05, 0.1) is 5.92 Å². The Morgan fingerprint density at radius 3 is 2.79 bits per heavy atom. The summed E-state index contributed by atoms with van der Waals surface area (Å²) in [7, 11) is 2.03. The van der Waals surface area contributed by atoms with E-state index in [-0.39, 0.29) is 17.7 Å². The SMILES string of the molecule is Cn1cc(CCNC(=O)[C@@H]2CCC[C@H](C(=O)O)C2)c2ccccc21. The number of amides is 1. The van der Waals surface area contributed by atoms with Gasteiger partial charge in [-0.15, -0.1) is 0 Å². The van der Waals surface area contributed by atoms with Crippen molar-refractivity contribution in [3.05, 3.63) is 36.0 Å². The van der Waals surface area contributed by atoms with Crippen molar-refractivity contribution in [1.29, 1.82) is 0 Å². The van der Waals surface area contributed by atoms with Crippen LogP contribution in [0, 0.1) is 11.8 Å². The van der Waals surface area contributed by atoms with Crippen molar-refractivity contribution in [3.63, 3.8) is 0 Å². The number of carboxylic acid groups (broad SMARTS) is 1. The van der Waals surface area contributed by atoms with Gasteiger partial charge in [0.2, 0.25) is 5.91 Å². The van der Waals surface area contributed by atoms with E-state index in [2.05, 4.69) is 28.2 Å². The van der Waals surface area contributed by atoms with E-state index >= 15 is 0 Å². The summed E-state index contributed by atoms with van der Waals surface area (Å²) in [5.41, 5.74) is 2.41. The lowest BCUT2D eigenvalue weighted by Gasteiger charge is -2.25. The summed E-state index contributed by atoms with van der Waals surface area (Å²) in [5.74, 6) is -1.30. The lowest BCUT2D eigenvalue weighted by Crippen LogP contribution is -2.36. The summed E-state index contributed by atoms with van der Waals surface area (Å²) in [4.78, 5) is 23.4. The third-order valence-corrected chi connectivity index (χ3v) is 5.07. The number of hydrogen-bond donors (Lipinski definition) is 2. The number of aromatic nitrogens is 1. The second-order valence-electron chi connectivity index (χ2n) is 6.72. The van der Waals surface area contributed by atoms with Crippen LogP contribution in [-0.2, 0) is 23.1 Å². The number of carbonyl (C=O) groups is 2. The fraction of sp³-hybridized carbons (Fsp3) is 0.474. The van der Waals surface area contributed by atoms with Crippen molar-refractivity contribution in [2.75, 3.05) is 6.54 Å². The molecule has 1 amide bonds. The van der Waals surface area contributed by atoms with E-state index in [1.54, 1.807) is 0 Å². The summed E-state index contributed by atoms with van der Waals surface area (Å²) in [6.45, 7) is 0.584. The van der Waals surface area contributed by atoms with E-state index in [1.165, 1.54) is 16.5 Å². The minimum atomic E-state index is -0.775. The van der Waals surface area contributed by atoms with Crippen LogP contribution in [0.5, 0.6) is 0 Å². The summed E-state index contributed by atoms with van der Waals surface area (Å²) in [6.07, 6.45) is 5.66. The Hall–Kier alpha value is -2.30. The van der Waals surface area contributed by atoms with Crippen molar-refractivity contribution >= 4 is 22.8 Å². The standard InChI is InChI=1S/C19H24N2O3/c1-21-12-15(16-7-2-3-8-17(16)21)9-10-20-18(22)13-5-4-6-14(11-13)19(23)24/h2-3,7-8,12-14H,4-6,9-11H2,1H3,(H,20,22)(H,23,24)/t13-,14+/m1/s1. The van der Waals surface area contributed by atoms with Gasteiger partial charge in [-0.2, -0.15) is 0 Å². The molecule has 1 heterocycles. The molecule has 0 bridgehead atoms. The number of rotatable bonds is 5. The molecule has 1 aliphatic carbocycles. The molecule has 0 aliphatic heterocycles. The minimum absolute atomic E-state index is 0.00110. The monoisotopic (exact) mass is 328 g/mol. The maximum absolute atomic E-state index is 12.3. The molecule has 0 spiro atoms. The average molecular weight is 328 g/mol. The first-order valence-corrected chi connectivity index (χ1v) is 8.59. The van der Waals surface area contributed by atoms with Crippen LogP contribution in [-0.4, -0.2) is 28.1 Å². The first-order valence-electron chi connectivity index (χ1n) is 8.59. The fourth-order valence-electron chi connectivity index (χ4n) is 3.74. The number of aliphatic carboxylic acids is 1. The zero-order valence-electron chi connectivity index (χ0n) is 14.0. The van der Waals surface area contributed by atoms with Crippen molar-refractivity contribution in [2.45, 2.75) is 32.1 Å². The summed E-state index contributed by atoms with van der Waals surface area (Å²) < 4.78 is 2.10. The van der Waals surface area contributed by atoms with Crippen molar-refractivity contribution < 1.29 is 14.7 Å². The quantitative estimate of drug-likeness (QED) is 0.886. The highest BCUT2D eigenvalue weighted by Gasteiger charge is 2.30. The number of nitrogens with zero attached hydrogens (tertiary/aromatic N) is 1. The van der Waals surface area contributed by atoms with Crippen LogP contribution in [0.25, 0.3) is 10.9 Å². The molecule has 128 valence electrons. The maximum Gasteiger partial charge on any atom is 0.306 e. The van der Waals surface area contributed by atoms with Gasteiger partial charge in [0.1, 0.15) is 0 Å². The molecular formula is C19H24N2O3. The van der Waals surface area contributed by atoms with Crippen LogP contribution in [0.4, 0.5) is 0 Å². The van der Waals surface area contributed by atoms with Gasteiger partial charge in [-0.05, 0) is 37.3 Å². The number of carbonyl (C=O) groups excluding carboxylic acids is 1. The molecule has 2 N–H and O–H groups in total. The van der Waals surface area contributed by atoms with Crippen molar-refractivity contribution in [3.8, 4) is 0 Å². The summed E-state index contributed by atoms with van der Waals surface area (Å²) in [5, 5.41) is 13.3. The molecule has 2 aromatic rings. The van der Waals surface area contributed by atoms with E-state index in [1.807, 2.05) is 19.2 Å². The Morgan fingerprint density at radius 2 is 2.00 bits per heavy atom. The number of fused-ring (bicyclic) bond motifs is 1. The number of para-hydroxylation sites is 1. The largest absolute Gasteiger partial charge is 0.481 e. The third kappa shape index (κ3) is 3.45. The molecule has 2 atom stereocenters. The highest BCUT2D eigenvalue weighted by atomic mass is 16.4. The van der Waals surface area contributed by atoms with Crippen molar-refractivity contribution in [2.24, 2.45) is 18.9 Å². The van der Waals surface area contributed by atoms with E-state index in [0.29, 0.717) is 19.4 Å². The predicted octanol–water partition coefficient (Wildman–Crippen LogP) is 2.73. The van der Waals surface area contributed by atoms with E-state index in [9.17, 15) is 9.59 Å². The smallest absolute Gasteiger partial charge is 0.306 e. The predicted molar refractivity (Wildman–Crippen MR) is 92.7 cm³/mol. The molecule has 1 aromatic carbocycles. The van der Waals surface area contributed by atoms with Crippen LogP contribution < -0.4 is 5.32 Å². The van der Waals surface area contributed by atoms with Crippen LogP contribution >= 0.6 is 0 Å². The van der Waals surface area contributed by atoms with Gasteiger partial charge in [0.15, 0.2) is 0 Å². The van der Waals surface area contributed by atoms with Gasteiger partial charge >= 0.3 is 5.97 Å². The molecule has 1 aliphatic rings. The molecule has 5 nitrogen and oxygen atoms in total. The van der Waals surface area contributed by atoms with E-state index in [0.717, 1.165) is 19.3 Å². The Balaban J connectivity index is 1.56. The first kappa shape index (κ1) is 16.6. The van der Waals surface area contributed by atoms with Crippen LogP contribution in [0.1, 0.15) is 31.2 Å². The van der Waals surface area contributed by atoms with Gasteiger partial charge in [-0.3, -0.25) is 9.59 Å². The van der Waals surface area contributed by atoms with Gasteiger partial charge in [-0.25, -0.2) is 0 Å². The van der Waals surface area contributed by atoms with Crippen LogP contribution in [0.2, 0.25) is 0 Å². The Morgan fingerprint density at radius 1 is 1.25 bits per heavy atom. The fourth-order valence-corrected chi connectivity index (χ4v) is 3.74. The number of carboxylic acids is 1. The Bertz CT molecular complexity index is 750. The van der Waals surface area contributed by atoms with Crippen LogP contribution in [0.3, 0.4) is 0 Å². The van der Waals surface area contributed by atoms with Gasteiger partial charge in [0, 0.05) is 36.6 Å². The van der Waals surface area contributed by atoms with E-state index < -0.39 is 5.97 Å². The summed E-state index contributed by atoms with van der Waals surface area (Å²) >= 11 is 0. The lowest BCUT2D eigenvalue weighted by atomic mass is 9.81. The zero-order valence-corrected chi connectivity index (χ0v) is 14.0. The number of benzene rings is 1. The van der Waals surface area contributed by atoms with E-state index in [4.69, 9.17) is 5.11 Å². The first-order chi connectivity index (χ1) is 11.6. The second kappa shape index (κ2) is 7.07. The topological polar surface area (TPSA) is 71.3 Å². The van der Waals surface area contributed by atoms with Crippen LogP contribution in [0.15, 0.2) is 30.5 Å². The zero-order chi connectivity index (χ0) is 17.1. The summed E-state index contributed by atoms with van der Waals surface area (Å²) in [6, 6.07) is 8.24. The molecule has 1 saturated carbocycles. The molecule has 1 fully saturated rings. The second-order valence-corrected chi connectivity index (χ2v) is 6.72. The Kier molecular flexibility index (Phi) is 4.88. The highest BCUT2D eigenvalue weighted by molar-refractivity contribution is 5.84. The van der Waals surface area contributed by atoms with Gasteiger partial charge < -0.3 is 15.0 Å². The van der Waals surface area contributed by atoms with Gasteiger partial charge in [0.25, 0.3) is 0 Å². The molecule has 0 radical (unpaired) electrons. The van der Waals surface area contributed by atoms with Gasteiger partial charge in [-0.1, -0.05) is 24.6 Å². The number of nitrogens with one attached hydrogen (secondary N) is 1. The minimum Gasteiger partial charge on any atom is -0.481 e. The third-order valence-electron chi connectivity index (χ3n) is 5.07. The molecule has 24 heavy (non-hydrogen) atoms. The molecular weight excluding hydrogens is 304 g/mol. The highest BCUT2D eigenvalue weighted by Crippen LogP contribution is 2.29. The Labute approximate surface area is 141 Å². The molecule has 1 aromatic heterocycles. The number of hydrogen-bond acceptors (Lipinski definition) is 2. The molecule has 5 heteroatoms. The lowest BCUT2D eigenvalue weighted by molar-refractivity contribution is -0.144. The maximum atomic E-state index is 12.3. The normalized spacial score (nSPS) is 20.9. The number of aryl methyl sites for hydroxylation is 1. The molecule has 3 rings (SSSR count). The average Bonchev–Trinajstić information content (AvgIpc) is 2.91. The van der Waals surface area contributed by atoms with Crippen molar-refractivity contribution in [1.82, 2.24) is 9.88 Å². The molecule has 0 saturated heterocycles. The molecule has 0 unspecified atom stereocenters.